The fourth-order valence-corrected chi connectivity index (χ4v) is 3.27. The summed E-state index contributed by atoms with van der Waals surface area (Å²) in [7, 11) is 0. The van der Waals surface area contributed by atoms with Crippen molar-refractivity contribution in [3.63, 3.8) is 0 Å². The van der Waals surface area contributed by atoms with Gasteiger partial charge in [0.1, 0.15) is 11.5 Å². The fourth-order valence-electron chi connectivity index (χ4n) is 3.27. The largest absolute Gasteiger partial charge is 0.508 e. The predicted molar refractivity (Wildman–Crippen MR) is 127 cm³/mol. The minimum absolute atomic E-state index is 0.322. The van der Waals surface area contributed by atoms with Gasteiger partial charge >= 0.3 is 0 Å². The lowest BCUT2D eigenvalue weighted by atomic mass is 9.90. The zero-order chi connectivity index (χ0) is 21.9. The lowest BCUT2D eigenvalue weighted by molar-refractivity contribution is 0.475. The highest BCUT2D eigenvalue weighted by molar-refractivity contribution is 5.76. The highest BCUT2D eigenvalue weighted by Crippen LogP contribution is 2.32. The fraction of sp³-hybridized carbons (Fsp3) is 0.143. The first kappa shape index (κ1) is 22.8. The maximum atomic E-state index is 8.63. The van der Waals surface area contributed by atoms with Crippen LogP contribution in [0, 0.1) is 27.7 Å². The third-order valence-corrected chi connectivity index (χ3v) is 4.72. The average Bonchev–Trinajstić information content (AvgIpc) is 2.72. The normalized spacial score (nSPS) is 9.60. The van der Waals surface area contributed by atoms with Crippen molar-refractivity contribution in [2.24, 2.45) is 0 Å². The molecule has 0 aliphatic heterocycles. The molecule has 0 unspecified atom stereocenters. The minimum Gasteiger partial charge on any atom is -0.508 e. The summed E-state index contributed by atoms with van der Waals surface area (Å²) >= 11 is 0. The second-order valence-electron chi connectivity index (χ2n) is 7.20. The Hall–Kier alpha value is -3.52. The van der Waals surface area contributed by atoms with Crippen molar-refractivity contribution in [1.29, 1.82) is 0 Å². The third-order valence-electron chi connectivity index (χ3n) is 4.72. The summed E-state index contributed by atoms with van der Waals surface area (Å²) in [6.07, 6.45) is 0. The van der Waals surface area contributed by atoms with Gasteiger partial charge in [-0.05, 0) is 85.3 Å². The highest BCUT2D eigenvalue weighted by atomic mass is 16.3. The second-order valence-corrected chi connectivity index (χ2v) is 7.20. The van der Waals surface area contributed by atoms with E-state index in [4.69, 9.17) is 10.2 Å². The lowest BCUT2D eigenvalue weighted by Crippen LogP contribution is -1.93. The molecule has 4 aromatic carbocycles. The summed E-state index contributed by atoms with van der Waals surface area (Å²) in [5.41, 5.74) is 8.24. The Labute approximate surface area is 180 Å². The van der Waals surface area contributed by atoms with Crippen LogP contribution in [0.25, 0.3) is 11.1 Å². The molecule has 0 saturated carbocycles. The molecule has 2 heteroatoms. The molecule has 4 rings (SSSR count). The molecule has 4 aromatic rings. The van der Waals surface area contributed by atoms with Gasteiger partial charge in [0.2, 0.25) is 0 Å². The van der Waals surface area contributed by atoms with Crippen LogP contribution in [0.4, 0.5) is 0 Å². The van der Waals surface area contributed by atoms with Crippen molar-refractivity contribution < 1.29 is 10.2 Å². The molecule has 0 spiro atoms. The van der Waals surface area contributed by atoms with E-state index in [1.807, 2.05) is 12.1 Å². The van der Waals surface area contributed by atoms with Crippen LogP contribution >= 0.6 is 0 Å². The van der Waals surface area contributed by atoms with Crippen LogP contribution in [0.1, 0.15) is 22.3 Å². The van der Waals surface area contributed by atoms with Gasteiger partial charge in [-0.1, -0.05) is 72.8 Å². The van der Waals surface area contributed by atoms with Crippen LogP contribution in [0.2, 0.25) is 0 Å². The summed E-state index contributed by atoms with van der Waals surface area (Å²) in [6.45, 7) is 8.75. The summed E-state index contributed by atoms with van der Waals surface area (Å²) in [5.74, 6) is 0.644. The molecule has 0 aromatic heterocycles. The van der Waals surface area contributed by atoms with Gasteiger partial charge in [0, 0.05) is 0 Å². The van der Waals surface area contributed by atoms with E-state index in [9.17, 15) is 0 Å². The van der Waals surface area contributed by atoms with E-state index >= 15 is 0 Å². The topological polar surface area (TPSA) is 40.5 Å². The number of para-hydroxylation sites is 2. The monoisotopic (exact) mass is 398 g/mol. The Balaban J connectivity index is 0.000000188. The molecular formula is C28H30O2. The zero-order valence-electron chi connectivity index (χ0n) is 18.1. The van der Waals surface area contributed by atoms with Crippen molar-refractivity contribution >= 4 is 0 Å². The van der Waals surface area contributed by atoms with Crippen LogP contribution in [0.15, 0.2) is 97.1 Å². The Kier molecular flexibility index (Phi) is 8.71. The average molecular weight is 399 g/mol. The number of phenols is 2. The molecule has 0 atom stereocenters. The number of hydrogen-bond donors (Lipinski definition) is 2. The van der Waals surface area contributed by atoms with Crippen molar-refractivity contribution in [3.05, 3.63) is 119 Å². The number of benzene rings is 4. The molecule has 0 saturated heterocycles. The van der Waals surface area contributed by atoms with Crippen LogP contribution in [0.5, 0.6) is 11.5 Å². The van der Waals surface area contributed by atoms with E-state index in [0.717, 1.165) is 0 Å². The van der Waals surface area contributed by atoms with E-state index in [1.165, 1.54) is 33.4 Å². The zero-order valence-corrected chi connectivity index (χ0v) is 18.1. The van der Waals surface area contributed by atoms with Gasteiger partial charge in [0.05, 0.1) is 0 Å². The number of aromatic hydroxyl groups is 2. The molecule has 0 bridgehead atoms. The van der Waals surface area contributed by atoms with E-state index in [-0.39, 0.29) is 0 Å². The molecule has 154 valence electrons. The molecule has 0 radical (unpaired) electrons. The first-order chi connectivity index (χ1) is 14.4. The predicted octanol–water partition coefficient (Wildman–Crippen LogP) is 7.37. The molecule has 0 amide bonds. The molecule has 2 N–H and O–H groups in total. The molecule has 0 aliphatic rings. The maximum absolute atomic E-state index is 8.63. The van der Waals surface area contributed by atoms with Crippen molar-refractivity contribution in [2.45, 2.75) is 27.7 Å². The summed E-state index contributed by atoms with van der Waals surface area (Å²) in [6, 6.07) is 30.4. The first-order valence-electron chi connectivity index (χ1n) is 10.0. The highest BCUT2D eigenvalue weighted by Gasteiger charge is 2.09. The van der Waals surface area contributed by atoms with E-state index in [1.54, 1.807) is 48.5 Å². The minimum atomic E-state index is 0.322. The number of aryl methyl sites for hydroxylation is 4. The quantitative estimate of drug-likeness (QED) is 0.351. The number of phenolic OH excluding ortho intramolecular Hbond substituents is 2. The van der Waals surface area contributed by atoms with Gasteiger partial charge in [-0.15, -0.1) is 0 Å². The van der Waals surface area contributed by atoms with Gasteiger partial charge in [-0.25, -0.2) is 0 Å². The molecular weight excluding hydrogens is 368 g/mol. The molecule has 0 heterocycles. The first-order valence-corrected chi connectivity index (χ1v) is 10.0. The van der Waals surface area contributed by atoms with Gasteiger partial charge < -0.3 is 10.2 Å². The van der Waals surface area contributed by atoms with Crippen LogP contribution < -0.4 is 0 Å². The molecule has 2 nitrogen and oxygen atoms in total. The van der Waals surface area contributed by atoms with Gasteiger partial charge in [0.15, 0.2) is 0 Å². The Bertz CT molecular complexity index is 911. The smallest absolute Gasteiger partial charge is 0.115 e. The van der Waals surface area contributed by atoms with Gasteiger partial charge in [-0.2, -0.15) is 0 Å². The molecule has 0 aliphatic carbocycles. The second kappa shape index (κ2) is 11.5. The van der Waals surface area contributed by atoms with Crippen LogP contribution in [-0.4, -0.2) is 10.2 Å². The Morgan fingerprint density at radius 1 is 0.367 bits per heavy atom. The number of hydrogen-bond acceptors (Lipinski definition) is 2. The number of rotatable bonds is 1. The Morgan fingerprint density at radius 3 is 0.833 bits per heavy atom. The van der Waals surface area contributed by atoms with Crippen LogP contribution in [0.3, 0.4) is 0 Å². The maximum Gasteiger partial charge on any atom is 0.115 e. The summed E-state index contributed by atoms with van der Waals surface area (Å²) in [5, 5.41) is 17.3. The van der Waals surface area contributed by atoms with Crippen molar-refractivity contribution in [2.75, 3.05) is 0 Å². The Morgan fingerprint density at radius 2 is 0.633 bits per heavy atom. The molecule has 30 heavy (non-hydrogen) atoms. The van der Waals surface area contributed by atoms with Crippen LogP contribution in [-0.2, 0) is 0 Å². The summed E-state index contributed by atoms with van der Waals surface area (Å²) < 4.78 is 0. The lowest BCUT2D eigenvalue weighted by Gasteiger charge is -2.15. The van der Waals surface area contributed by atoms with Crippen molar-refractivity contribution in [1.82, 2.24) is 0 Å². The van der Waals surface area contributed by atoms with Crippen molar-refractivity contribution in [3.8, 4) is 22.6 Å². The SMILES string of the molecule is Cc1cccc(C)c1-c1c(C)cccc1C.Oc1ccccc1.Oc1ccccc1. The third kappa shape index (κ3) is 6.82. The molecule has 0 fully saturated rings. The summed E-state index contributed by atoms with van der Waals surface area (Å²) in [4.78, 5) is 0. The van der Waals surface area contributed by atoms with E-state index < -0.39 is 0 Å². The van der Waals surface area contributed by atoms with E-state index in [2.05, 4.69) is 64.1 Å². The van der Waals surface area contributed by atoms with Gasteiger partial charge in [0.25, 0.3) is 0 Å². The van der Waals surface area contributed by atoms with Gasteiger partial charge in [-0.3, -0.25) is 0 Å². The standard InChI is InChI=1S/C16H18.2C6H6O/c1-11-7-5-8-12(2)15(11)16-13(3)9-6-10-14(16)4;2*7-6-4-2-1-3-5-6/h5-10H,1-4H3;2*1-5,7H. The van der Waals surface area contributed by atoms with E-state index in [0.29, 0.717) is 11.5 Å².